The Morgan fingerprint density at radius 2 is 1.93 bits per heavy atom. The molecule has 0 saturated carbocycles. The Hall–Kier alpha value is -1.61. The zero-order chi connectivity index (χ0) is 8.67. The van der Waals surface area contributed by atoms with Gasteiger partial charge >= 0.3 is 0 Å². The van der Waals surface area contributed by atoms with E-state index >= 15 is 0 Å². The van der Waals surface area contributed by atoms with Gasteiger partial charge in [0.2, 0.25) is 0 Å². The molecule has 0 atom stereocenters. The average Bonchev–Trinajstić information content (AvgIpc) is 2.65. The number of benzene rings is 1. The van der Waals surface area contributed by atoms with E-state index in [2.05, 4.69) is 9.97 Å². The van der Waals surface area contributed by atoms with E-state index in [9.17, 15) is 0 Å². The molecule has 0 spiro atoms. The number of hydrogen-bond donors (Lipinski definition) is 0. The highest BCUT2D eigenvalue weighted by atomic mass is 35.5. The predicted octanol–water partition coefficient (Wildman–Crippen LogP) is 2.30. The highest BCUT2D eigenvalue weighted by molar-refractivity contribution is 5.85. The van der Waals surface area contributed by atoms with Crippen LogP contribution in [0.2, 0.25) is 0 Å². The molecular weight excluding hydrogens is 198 g/mol. The quantitative estimate of drug-likeness (QED) is 0.564. The molecule has 1 aromatic carbocycles. The second kappa shape index (κ2) is 3.27. The Bertz CT molecular complexity index is 573. The van der Waals surface area contributed by atoms with Crippen LogP contribution in [0.3, 0.4) is 0 Å². The van der Waals surface area contributed by atoms with Crippen molar-refractivity contribution in [1.82, 2.24) is 14.4 Å². The number of rotatable bonds is 0. The molecule has 2 aromatic heterocycles. The van der Waals surface area contributed by atoms with Gasteiger partial charge in [-0.1, -0.05) is 12.1 Å². The lowest BCUT2D eigenvalue weighted by atomic mass is 10.3. The summed E-state index contributed by atoms with van der Waals surface area (Å²) in [5, 5.41) is 0. The molecule has 2 heterocycles. The molecule has 70 valence electrons. The Balaban J connectivity index is 0.000000750. The fourth-order valence-electron chi connectivity index (χ4n) is 1.52. The topological polar surface area (TPSA) is 30.2 Å². The van der Waals surface area contributed by atoms with Crippen molar-refractivity contribution in [2.75, 3.05) is 0 Å². The molecular formula is C10H8ClN3. The molecule has 3 rings (SSSR count). The zero-order valence-corrected chi connectivity index (χ0v) is 8.11. The van der Waals surface area contributed by atoms with Gasteiger partial charge in [0.15, 0.2) is 5.65 Å². The molecule has 0 amide bonds. The van der Waals surface area contributed by atoms with Crippen LogP contribution < -0.4 is 0 Å². The van der Waals surface area contributed by atoms with Gasteiger partial charge in [0.1, 0.15) is 0 Å². The van der Waals surface area contributed by atoms with E-state index in [0.29, 0.717) is 0 Å². The molecule has 0 aliphatic heterocycles. The van der Waals surface area contributed by atoms with E-state index in [4.69, 9.17) is 0 Å². The minimum atomic E-state index is 0. The summed E-state index contributed by atoms with van der Waals surface area (Å²) in [6.45, 7) is 0. The van der Waals surface area contributed by atoms with Gasteiger partial charge in [-0.25, -0.2) is 4.98 Å². The summed E-state index contributed by atoms with van der Waals surface area (Å²) in [6, 6.07) is 8.02. The summed E-state index contributed by atoms with van der Waals surface area (Å²) in [4.78, 5) is 8.47. The van der Waals surface area contributed by atoms with Gasteiger partial charge in [-0.3, -0.25) is 9.38 Å². The van der Waals surface area contributed by atoms with Gasteiger partial charge in [-0.2, -0.15) is 0 Å². The smallest absolute Gasteiger partial charge is 0.155 e. The highest BCUT2D eigenvalue weighted by Gasteiger charge is 1.98. The number of hydrogen-bond acceptors (Lipinski definition) is 2. The van der Waals surface area contributed by atoms with Crippen molar-refractivity contribution >= 4 is 29.1 Å². The molecule has 0 unspecified atom stereocenters. The Morgan fingerprint density at radius 1 is 1.07 bits per heavy atom. The Kier molecular flexibility index (Phi) is 2.09. The fraction of sp³-hybridized carbons (Fsp3) is 0. The molecule has 0 N–H and O–H groups in total. The van der Waals surface area contributed by atoms with Gasteiger partial charge in [0.25, 0.3) is 0 Å². The molecule has 4 heteroatoms. The zero-order valence-electron chi connectivity index (χ0n) is 7.29. The number of halogens is 1. The number of aromatic nitrogens is 3. The van der Waals surface area contributed by atoms with Gasteiger partial charge in [0.05, 0.1) is 17.2 Å². The van der Waals surface area contributed by atoms with Crippen molar-refractivity contribution < 1.29 is 0 Å². The maximum Gasteiger partial charge on any atom is 0.155 e. The van der Waals surface area contributed by atoms with Gasteiger partial charge in [-0.15, -0.1) is 12.4 Å². The van der Waals surface area contributed by atoms with Crippen molar-refractivity contribution in [3.05, 3.63) is 42.9 Å². The van der Waals surface area contributed by atoms with Gasteiger partial charge in [-0.05, 0) is 12.1 Å². The van der Waals surface area contributed by atoms with Crippen molar-refractivity contribution in [3.8, 4) is 0 Å². The number of fused-ring (bicyclic) bond motifs is 3. The lowest BCUT2D eigenvalue weighted by Gasteiger charge is -1.98. The molecule has 0 fully saturated rings. The summed E-state index contributed by atoms with van der Waals surface area (Å²) in [5.41, 5.74) is 2.98. The SMILES string of the molecule is Cl.c1ccc2c(c1)ncc1nccn12. The first-order valence-electron chi connectivity index (χ1n) is 4.12. The molecule has 0 aliphatic carbocycles. The fourth-order valence-corrected chi connectivity index (χ4v) is 1.52. The van der Waals surface area contributed by atoms with E-state index in [1.54, 1.807) is 12.4 Å². The maximum atomic E-state index is 4.30. The second-order valence-corrected chi connectivity index (χ2v) is 2.90. The van der Waals surface area contributed by atoms with Crippen LogP contribution in [0.15, 0.2) is 42.9 Å². The second-order valence-electron chi connectivity index (χ2n) is 2.90. The third-order valence-corrected chi connectivity index (χ3v) is 2.13. The Morgan fingerprint density at radius 3 is 2.86 bits per heavy atom. The molecule has 0 aliphatic rings. The standard InChI is InChI=1S/C10H7N3.ClH/c1-2-4-9-8(3-1)12-7-10-11-5-6-13(9)10;/h1-7H;1H. The van der Waals surface area contributed by atoms with Crippen molar-refractivity contribution in [2.45, 2.75) is 0 Å². The molecule has 14 heavy (non-hydrogen) atoms. The molecule has 3 aromatic rings. The van der Waals surface area contributed by atoms with Crippen LogP contribution in [-0.2, 0) is 0 Å². The summed E-state index contributed by atoms with van der Waals surface area (Å²) >= 11 is 0. The molecule has 0 radical (unpaired) electrons. The predicted molar refractivity (Wildman–Crippen MR) is 57.7 cm³/mol. The normalized spacial score (nSPS) is 10.3. The van der Waals surface area contributed by atoms with Crippen LogP contribution in [0, 0.1) is 0 Å². The number of para-hydroxylation sites is 2. The van der Waals surface area contributed by atoms with Crippen molar-refractivity contribution in [2.24, 2.45) is 0 Å². The van der Waals surface area contributed by atoms with Crippen LogP contribution in [-0.4, -0.2) is 14.4 Å². The summed E-state index contributed by atoms with van der Waals surface area (Å²) in [6.07, 6.45) is 5.51. The van der Waals surface area contributed by atoms with Crippen LogP contribution in [0.4, 0.5) is 0 Å². The Labute approximate surface area is 86.8 Å². The van der Waals surface area contributed by atoms with E-state index in [0.717, 1.165) is 16.7 Å². The lowest BCUT2D eigenvalue weighted by molar-refractivity contribution is 1.21. The summed E-state index contributed by atoms with van der Waals surface area (Å²) < 4.78 is 2.03. The average molecular weight is 206 g/mol. The first-order valence-corrected chi connectivity index (χ1v) is 4.12. The van der Waals surface area contributed by atoms with E-state index in [1.165, 1.54) is 0 Å². The summed E-state index contributed by atoms with van der Waals surface area (Å²) in [7, 11) is 0. The van der Waals surface area contributed by atoms with Crippen LogP contribution in [0.5, 0.6) is 0 Å². The largest absolute Gasteiger partial charge is 0.297 e. The van der Waals surface area contributed by atoms with Crippen LogP contribution >= 0.6 is 12.4 Å². The summed E-state index contributed by atoms with van der Waals surface area (Å²) in [5.74, 6) is 0. The van der Waals surface area contributed by atoms with Gasteiger partial charge < -0.3 is 0 Å². The first-order chi connectivity index (χ1) is 6.45. The minimum Gasteiger partial charge on any atom is -0.297 e. The first kappa shape index (κ1) is 8.97. The highest BCUT2D eigenvalue weighted by Crippen LogP contribution is 2.12. The lowest BCUT2D eigenvalue weighted by Crippen LogP contribution is -1.88. The van der Waals surface area contributed by atoms with Crippen molar-refractivity contribution in [1.29, 1.82) is 0 Å². The number of nitrogens with zero attached hydrogens (tertiary/aromatic N) is 3. The number of imidazole rings is 1. The molecule has 0 saturated heterocycles. The third-order valence-electron chi connectivity index (χ3n) is 2.13. The third kappa shape index (κ3) is 1.14. The molecule has 3 nitrogen and oxygen atoms in total. The van der Waals surface area contributed by atoms with Crippen molar-refractivity contribution in [3.63, 3.8) is 0 Å². The monoisotopic (exact) mass is 205 g/mol. The van der Waals surface area contributed by atoms with E-state index < -0.39 is 0 Å². The van der Waals surface area contributed by atoms with Gasteiger partial charge in [0, 0.05) is 12.4 Å². The maximum absolute atomic E-state index is 4.30. The van der Waals surface area contributed by atoms with Crippen LogP contribution in [0.1, 0.15) is 0 Å². The minimum absolute atomic E-state index is 0. The molecule has 0 bridgehead atoms. The van der Waals surface area contributed by atoms with E-state index in [-0.39, 0.29) is 12.4 Å². The van der Waals surface area contributed by atoms with Crippen LogP contribution in [0.25, 0.3) is 16.7 Å². The van der Waals surface area contributed by atoms with E-state index in [1.807, 2.05) is 34.9 Å².